The zero-order chi connectivity index (χ0) is 18.9. The maximum atomic E-state index is 12.3. The van der Waals surface area contributed by atoms with Crippen molar-refractivity contribution in [3.05, 3.63) is 40.9 Å². The third-order valence-electron chi connectivity index (χ3n) is 3.42. The molecule has 0 unspecified atom stereocenters. The van der Waals surface area contributed by atoms with E-state index in [1.165, 1.54) is 11.8 Å². The minimum absolute atomic E-state index is 0.199. The molecule has 0 aliphatic rings. The molecule has 0 fully saturated rings. The van der Waals surface area contributed by atoms with Crippen LogP contribution in [0.1, 0.15) is 33.8 Å². The molecule has 0 radical (unpaired) electrons. The first kappa shape index (κ1) is 19.5. The Bertz CT molecular complexity index is 809. The van der Waals surface area contributed by atoms with Crippen molar-refractivity contribution in [3.8, 4) is 6.07 Å². The van der Waals surface area contributed by atoms with Crippen molar-refractivity contribution in [3.63, 3.8) is 0 Å². The number of hydrogen-bond donors (Lipinski definition) is 1. The van der Waals surface area contributed by atoms with E-state index < -0.39 is 18.5 Å². The number of aromatic nitrogens is 2. The number of pyridine rings is 1. The van der Waals surface area contributed by atoms with E-state index in [1.807, 2.05) is 19.9 Å². The van der Waals surface area contributed by atoms with Crippen LogP contribution >= 0.6 is 11.8 Å². The molecule has 0 aliphatic heterocycles. The van der Waals surface area contributed by atoms with Gasteiger partial charge in [0.25, 0.3) is 5.91 Å². The number of hydrogen-bond acceptors (Lipinski definition) is 8. The van der Waals surface area contributed by atoms with E-state index >= 15 is 0 Å². The average Bonchev–Trinajstić information content (AvgIpc) is 2.96. The number of esters is 1. The molecule has 0 aromatic carbocycles. The second kappa shape index (κ2) is 9.58. The van der Waals surface area contributed by atoms with Crippen molar-refractivity contribution in [2.24, 2.45) is 0 Å². The summed E-state index contributed by atoms with van der Waals surface area (Å²) in [5, 5.41) is 15.3. The number of thioether (sulfide) groups is 1. The van der Waals surface area contributed by atoms with Crippen LogP contribution in [0.15, 0.2) is 27.9 Å². The third-order valence-corrected chi connectivity index (χ3v) is 4.45. The van der Waals surface area contributed by atoms with Gasteiger partial charge in [-0.15, -0.1) is 11.8 Å². The van der Waals surface area contributed by atoms with Crippen LogP contribution in [-0.4, -0.2) is 35.2 Å². The lowest BCUT2D eigenvalue weighted by atomic mass is 10.2. The fourth-order valence-electron chi connectivity index (χ4n) is 2.03. The van der Waals surface area contributed by atoms with Crippen LogP contribution in [-0.2, 0) is 15.3 Å². The lowest BCUT2D eigenvalue weighted by Gasteiger charge is -2.08. The molecule has 2 heterocycles. The number of nitrogens with one attached hydrogen (secondary N) is 1. The topological polar surface area (TPSA) is 118 Å². The molecule has 1 N–H and O–H groups in total. The van der Waals surface area contributed by atoms with Crippen LogP contribution in [0.3, 0.4) is 0 Å². The van der Waals surface area contributed by atoms with E-state index in [9.17, 15) is 9.59 Å². The molecule has 2 rings (SSSR count). The lowest BCUT2D eigenvalue weighted by Crippen LogP contribution is -2.29. The molecule has 26 heavy (non-hydrogen) atoms. The molecule has 8 nitrogen and oxygen atoms in total. The van der Waals surface area contributed by atoms with Crippen LogP contribution < -0.4 is 5.32 Å². The van der Waals surface area contributed by atoms with E-state index in [0.29, 0.717) is 10.8 Å². The molecular weight excluding hydrogens is 356 g/mol. The zero-order valence-electron chi connectivity index (χ0n) is 14.4. The molecule has 136 valence electrons. The summed E-state index contributed by atoms with van der Waals surface area (Å²) < 4.78 is 10.2. The van der Waals surface area contributed by atoms with Crippen molar-refractivity contribution in [1.82, 2.24) is 15.5 Å². The van der Waals surface area contributed by atoms with E-state index in [-0.39, 0.29) is 18.5 Å². The minimum atomic E-state index is -0.630. The van der Waals surface area contributed by atoms with Crippen LogP contribution in [0.5, 0.6) is 0 Å². The maximum absolute atomic E-state index is 12.3. The van der Waals surface area contributed by atoms with Gasteiger partial charge in [0.2, 0.25) is 0 Å². The molecule has 0 spiro atoms. The summed E-state index contributed by atoms with van der Waals surface area (Å²) in [5.41, 5.74) is 2.04. The van der Waals surface area contributed by atoms with E-state index in [2.05, 4.69) is 15.5 Å². The van der Waals surface area contributed by atoms with Crippen LogP contribution in [0.25, 0.3) is 0 Å². The monoisotopic (exact) mass is 374 g/mol. The van der Waals surface area contributed by atoms with Crippen LogP contribution in [0.2, 0.25) is 0 Å². The Hall–Kier alpha value is -2.86. The molecular formula is C17H18N4O4S. The van der Waals surface area contributed by atoms with Gasteiger partial charge in [-0.1, -0.05) is 5.16 Å². The number of carbonyl (C=O) groups excluding carboxylic acids is 2. The Morgan fingerprint density at radius 1 is 1.42 bits per heavy atom. The highest BCUT2D eigenvalue weighted by Crippen LogP contribution is 2.27. The molecule has 0 saturated heterocycles. The Morgan fingerprint density at radius 3 is 2.92 bits per heavy atom. The summed E-state index contributed by atoms with van der Waals surface area (Å²) in [6, 6.07) is 5.13. The van der Waals surface area contributed by atoms with E-state index in [1.54, 1.807) is 18.3 Å². The predicted molar refractivity (Wildman–Crippen MR) is 93.3 cm³/mol. The van der Waals surface area contributed by atoms with Crippen molar-refractivity contribution in [2.75, 3.05) is 13.2 Å². The first-order chi connectivity index (χ1) is 12.5. The third kappa shape index (κ3) is 5.32. The van der Waals surface area contributed by atoms with Gasteiger partial charge in [0.1, 0.15) is 10.8 Å². The number of carbonyl (C=O) groups is 2. The van der Waals surface area contributed by atoms with Gasteiger partial charge in [-0.2, -0.15) is 5.26 Å². The molecule has 9 heteroatoms. The quantitative estimate of drug-likeness (QED) is 0.424. The smallest absolute Gasteiger partial charge is 0.341 e. The highest BCUT2D eigenvalue weighted by Gasteiger charge is 2.17. The van der Waals surface area contributed by atoms with Crippen molar-refractivity contribution >= 4 is 23.6 Å². The summed E-state index contributed by atoms with van der Waals surface area (Å²) in [6.07, 6.45) is 1.78. The van der Waals surface area contributed by atoms with Gasteiger partial charge < -0.3 is 14.6 Å². The van der Waals surface area contributed by atoms with Gasteiger partial charge in [0.05, 0.1) is 23.7 Å². The number of nitriles is 1. The summed E-state index contributed by atoms with van der Waals surface area (Å²) in [5.74, 6) is 0.189. The SMILES string of the molecule is Cc1noc(C)c1CSc1ncccc1C(=O)OCC(=O)NCCC#N. The molecule has 2 aromatic rings. The number of rotatable bonds is 8. The molecule has 0 bridgehead atoms. The lowest BCUT2D eigenvalue weighted by molar-refractivity contribution is -0.124. The maximum Gasteiger partial charge on any atom is 0.341 e. The number of ether oxygens (including phenoxy) is 1. The zero-order valence-corrected chi connectivity index (χ0v) is 15.3. The average molecular weight is 374 g/mol. The van der Waals surface area contributed by atoms with Crippen molar-refractivity contribution in [2.45, 2.75) is 31.0 Å². The van der Waals surface area contributed by atoms with E-state index in [0.717, 1.165) is 17.0 Å². The summed E-state index contributed by atoms with van der Waals surface area (Å²) in [6.45, 7) is 3.49. The van der Waals surface area contributed by atoms with Crippen LogP contribution in [0.4, 0.5) is 0 Å². The van der Waals surface area contributed by atoms with Gasteiger partial charge in [0.15, 0.2) is 6.61 Å². The Morgan fingerprint density at radius 2 is 2.23 bits per heavy atom. The van der Waals surface area contributed by atoms with E-state index in [4.69, 9.17) is 14.5 Å². The summed E-state index contributed by atoms with van der Waals surface area (Å²) >= 11 is 1.36. The fraction of sp³-hybridized carbons (Fsp3) is 0.353. The summed E-state index contributed by atoms with van der Waals surface area (Å²) in [4.78, 5) is 28.0. The Balaban J connectivity index is 1.96. The van der Waals surface area contributed by atoms with Crippen molar-refractivity contribution < 1.29 is 18.8 Å². The second-order valence-electron chi connectivity index (χ2n) is 5.28. The summed E-state index contributed by atoms with van der Waals surface area (Å²) in [7, 11) is 0. The van der Waals surface area contributed by atoms with Gasteiger partial charge in [-0.3, -0.25) is 4.79 Å². The fourth-order valence-corrected chi connectivity index (χ4v) is 3.16. The second-order valence-corrected chi connectivity index (χ2v) is 6.25. The van der Waals surface area contributed by atoms with Gasteiger partial charge >= 0.3 is 5.97 Å². The predicted octanol–water partition coefficient (Wildman–Crippen LogP) is 2.17. The van der Waals surface area contributed by atoms with Crippen molar-refractivity contribution in [1.29, 1.82) is 5.26 Å². The molecule has 0 saturated carbocycles. The van der Waals surface area contributed by atoms with Gasteiger partial charge in [0, 0.05) is 24.1 Å². The number of aryl methyl sites for hydroxylation is 2. The number of nitrogens with zero attached hydrogens (tertiary/aromatic N) is 3. The Kier molecular flexibility index (Phi) is 7.17. The highest BCUT2D eigenvalue weighted by molar-refractivity contribution is 7.98. The first-order valence-corrected chi connectivity index (χ1v) is 8.81. The number of amides is 1. The minimum Gasteiger partial charge on any atom is -0.452 e. The Labute approximate surface area is 154 Å². The normalized spacial score (nSPS) is 10.2. The molecule has 0 atom stereocenters. The molecule has 0 aliphatic carbocycles. The molecule has 1 amide bonds. The van der Waals surface area contributed by atoms with Gasteiger partial charge in [-0.05, 0) is 26.0 Å². The van der Waals surface area contributed by atoms with Crippen LogP contribution in [0, 0.1) is 25.2 Å². The van der Waals surface area contributed by atoms with Gasteiger partial charge in [-0.25, -0.2) is 9.78 Å². The first-order valence-electron chi connectivity index (χ1n) is 7.83. The molecule has 2 aromatic heterocycles. The standard InChI is InChI=1S/C17H18N4O4S/c1-11-14(12(2)25-21-11)10-26-16-13(5-3-7-20-16)17(23)24-9-15(22)19-8-4-6-18/h3,5,7H,4,8-10H2,1-2H3,(H,19,22). The highest BCUT2D eigenvalue weighted by atomic mass is 32.2. The largest absolute Gasteiger partial charge is 0.452 e.